The van der Waals surface area contributed by atoms with E-state index >= 15 is 0 Å². The molecule has 2 N–H and O–H groups in total. The zero-order chi connectivity index (χ0) is 12.8. The molecule has 3 heteroatoms. The third kappa shape index (κ3) is 4.11. The van der Waals surface area contributed by atoms with E-state index in [-0.39, 0.29) is 0 Å². The largest absolute Gasteiger partial charge is 0.330 e. The summed E-state index contributed by atoms with van der Waals surface area (Å²) in [6, 6.07) is 0. The molecule has 0 bridgehead atoms. The average molecular weight is 269 g/mol. The van der Waals surface area contributed by atoms with E-state index in [1.807, 2.05) is 0 Å². The third-order valence-corrected chi connectivity index (χ3v) is 4.53. The van der Waals surface area contributed by atoms with Crippen LogP contribution in [0.25, 0.3) is 0 Å². The van der Waals surface area contributed by atoms with Gasteiger partial charge in [-0.15, -0.1) is 0 Å². The van der Waals surface area contributed by atoms with Crippen LogP contribution in [-0.2, 0) is 0 Å². The molecule has 1 aliphatic heterocycles. The van der Waals surface area contributed by atoms with Gasteiger partial charge in [-0.25, -0.2) is 0 Å². The minimum absolute atomic E-state index is 0.721. The number of unbranched alkanes of at least 4 members (excludes halogenated alkanes) is 1. The van der Waals surface area contributed by atoms with Gasteiger partial charge in [0.15, 0.2) is 0 Å². The zero-order valence-corrected chi connectivity index (χ0v) is 11.9. The Hall–Kier alpha value is -0.310. The van der Waals surface area contributed by atoms with Crippen molar-refractivity contribution < 1.29 is 0 Å². The van der Waals surface area contributed by atoms with Crippen molar-refractivity contribution in [3.05, 3.63) is 23.3 Å². The molecule has 0 radical (unpaired) electrons. The first-order valence-electron chi connectivity index (χ1n) is 7.26. The number of likely N-dealkylation sites (tertiary alicyclic amines) is 1. The molecule has 1 heterocycles. The number of halogens is 1. The summed E-state index contributed by atoms with van der Waals surface area (Å²) in [4.78, 5) is 2.60. The Morgan fingerprint density at radius 1 is 1.28 bits per heavy atom. The smallest absolute Gasteiger partial charge is 0.0363 e. The Morgan fingerprint density at radius 3 is 2.67 bits per heavy atom. The van der Waals surface area contributed by atoms with Gasteiger partial charge in [-0.3, -0.25) is 0 Å². The SMILES string of the molecule is NCCCCN1CCC(C2C=CC(Cl)=CC2)CC1. The van der Waals surface area contributed by atoms with Crippen LogP contribution >= 0.6 is 11.6 Å². The van der Waals surface area contributed by atoms with Crippen molar-refractivity contribution in [2.24, 2.45) is 17.6 Å². The Bertz CT molecular complexity index is 304. The van der Waals surface area contributed by atoms with Gasteiger partial charge in [-0.1, -0.05) is 23.8 Å². The molecule has 2 rings (SSSR count). The molecular weight excluding hydrogens is 244 g/mol. The topological polar surface area (TPSA) is 29.3 Å². The van der Waals surface area contributed by atoms with Crippen LogP contribution in [0, 0.1) is 11.8 Å². The first-order chi connectivity index (χ1) is 8.79. The molecule has 2 aliphatic rings. The Balaban J connectivity index is 1.69. The lowest BCUT2D eigenvalue weighted by Gasteiger charge is -2.35. The lowest BCUT2D eigenvalue weighted by atomic mass is 9.81. The van der Waals surface area contributed by atoms with E-state index in [1.54, 1.807) is 0 Å². The molecule has 1 atom stereocenters. The maximum Gasteiger partial charge on any atom is 0.0363 e. The van der Waals surface area contributed by atoms with Crippen molar-refractivity contribution in [3.63, 3.8) is 0 Å². The molecule has 102 valence electrons. The second-order valence-corrected chi connectivity index (χ2v) is 5.96. The van der Waals surface area contributed by atoms with Gasteiger partial charge in [0.1, 0.15) is 0 Å². The van der Waals surface area contributed by atoms with Gasteiger partial charge in [-0.2, -0.15) is 0 Å². The molecule has 2 nitrogen and oxygen atoms in total. The molecule has 1 aliphatic carbocycles. The summed E-state index contributed by atoms with van der Waals surface area (Å²) in [5.74, 6) is 1.58. The predicted octanol–water partition coefficient (Wildman–Crippen LogP) is 3.14. The Morgan fingerprint density at radius 2 is 2.06 bits per heavy atom. The molecule has 0 aromatic heterocycles. The average Bonchev–Trinajstić information content (AvgIpc) is 2.41. The quantitative estimate of drug-likeness (QED) is 0.777. The molecule has 1 fully saturated rings. The van der Waals surface area contributed by atoms with Crippen LogP contribution < -0.4 is 5.73 Å². The van der Waals surface area contributed by atoms with Crippen molar-refractivity contribution >= 4 is 11.6 Å². The van der Waals surface area contributed by atoms with E-state index in [0.29, 0.717) is 0 Å². The van der Waals surface area contributed by atoms with Gasteiger partial charge < -0.3 is 10.6 Å². The summed E-state index contributed by atoms with van der Waals surface area (Å²) in [6.45, 7) is 4.58. The van der Waals surface area contributed by atoms with Crippen LogP contribution in [0.5, 0.6) is 0 Å². The second kappa shape index (κ2) is 7.32. The summed E-state index contributed by atoms with van der Waals surface area (Å²) in [7, 11) is 0. The minimum atomic E-state index is 0.721. The van der Waals surface area contributed by atoms with Crippen LogP contribution in [0.4, 0.5) is 0 Å². The van der Waals surface area contributed by atoms with Gasteiger partial charge >= 0.3 is 0 Å². The summed E-state index contributed by atoms with van der Waals surface area (Å²) >= 11 is 5.97. The zero-order valence-electron chi connectivity index (χ0n) is 11.2. The highest BCUT2D eigenvalue weighted by Gasteiger charge is 2.25. The number of piperidine rings is 1. The number of rotatable bonds is 5. The summed E-state index contributed by atoms with van der Waals surface area (Å²) in [5.41, 5.74) is 5.53. The molecule has 0 saturated carbocycles. The molecule has 0 aromatic rings. The van der Waals surface area contributed by atoms with Gasteiger partial charge in [0.25, 0.3) is 0 Å². The number of hydrogen-bond acceptors (Lipinski definition) is 2. The fourth-order valence-corrected chi connectivity index (χ4v) is 3.21. The van der Waals surface area contributed by atoms with E-state index in [4.69, 9.17) is 17.3 Å². The van der Waals surface area contributed by atoms with E-state index in [9.17, 15) is 0 Å². The normalized spacial score (nSPS) is 26.3. The first kappa shape index (κ1) is 14.1. The number of hydrogen-bond donors (Lipinski definition) is 1. The third-order valence-electron chi connectivity index (χ3n) is 4.25. The predicted molar refractivity (Wildman–Crippen MR) is 78.6 cm³/mol. The second-order valence-electron chi connectivity index (χ2n) is 5.52. The summed E-state index contributed by atoms with van der Waals surface area (Å²) < 4.78 is 0. The summed E-state index contributed by atoms with van der Waals surface area (Å²) in [5, 5.41) is 0.908. The van der Waals surface area contributed by atoms with Crippen molar-refractivity contribution in [1.82, 2.24) is 4.90 Å². The molecule has 1 saturated heterocycles. The van der Waals surface area contributed by atoms with Crippen LogP contribution in [0.1, 0.15) is 32.1 Å². The van der Waals surface area contributed by atoms with Crippen LogP contribution in [0.2, 0.25) is 0 Å². The van der Waals surface area contributed by atoms with Crippen LogP contribution in [-0.4, -0.2) is 31.1 Å². The molecule has 0 amide bonds. The fraction of sp³-hybridized carbons (Fsp3) is 0.733. The van der Waals surface area contributed by atoms with E-state index in [2.05, 4.69) is 23.1 Å². The van der Waals surface area contributed by atoms with E-state index in [0.717, 1.165) is 36.3 Å². The van der Waals surface area contributed by atoms with Gasteiger partial charge in [0, 0.05) is 5.03 Å². The first-order valence-corrected chi connectivity index (χ1v) is 7.63. The Labute approximate surface area is 116 Å². The standard InChI is InChI=1S/C15H25ClN2/c16-15-5-3-13(4-6-15)14-7-11-18(12-8-14)10-2-1-9-17/h3,5-6,13-14H,1-2,4,7-12,17H2. The number of nitrogens with two attached hydrogens (primary N) is 1. The molecule has 18 heavy (non-hydrogen) atoms. The monoisotopic (exact) mass is 268 g/mol. The van der Waals surface area contributed by atoms with Gasteiger partial charge in [0.05, 0.1) is 0 Å². The molecule has 1 unspecified atom stereocenters. The van der Waals surface area contributed by atoms with Crippen molar-refractivity contribution in [1.29, 1.82) is 0 Å². The van der Waals surface area contributed by atoms with Gasteiger partial charge in [0.2, 0.25) is 0 Å². The number of nitrogens with zero attached hydrogens (tertiary/aromatic N) is 1. The Kier molecular flexibility index (Phi) is 5.74. The van der Waals surface area contributed by atoms with Crippen molar-refractivity contribution in [2.45, 2.75) is 32.1 Å². The van der Waals surface area contributed by atoms with Crippen LogP contribution in [0.15, 0.2) is 23.3 Å². The molecular formula is C15H25ClN2. The van der Waals surface area contributed by atoms with Gasteiger partial charge in [-0.05, 0) is 76.2 Å². The molecule has 0 spiro atoms. The maximum atomic E-state index is 5.97. The van der Waals surface area contributed by atoms with E-state index < -0.39 is 0 Å². The minimum Gasteiger partial charge on any atom is -0.330 e. The van der Waals surface area contributed by atoms with E-state index in [1.165, 1.54) is 38.9 Å². The highest BCUT2D eigenvalue weighted by Crippen LogP contribution is 2.32. The number of allylic oxidation sites excluding steroid dienone is 4. The van der Waals surface area contributed by atoms with Crippen molar-refractivity contribution in [3.8, 4) is 0 Å². The van der Waals surface area contributed by atoms with Crippen LogP contribution in [0.3, 0.4) is 0 Å². The fourth-order valence-electron chi connectivity index (χ4n) is 3.04. The summed E-state index contributed by atoms with van der Waals surface area (Å²) in [6.07, 6.45) is 12.8. The molecule has 0 aromatic carbocycles. The maximum absolute atomic E-state index is 5.97. The highest BCUT2D eigenvalue weighted by molar-refractivity contribution is 6.31. The lowest BCUT2D eigenvalue weighted by Crippen LogP contribution is -2.36. The highest BCUT2D eigenvalue weighted by atomic mass is 35.5. The lowest BCUT2D eigenvalue weighted by molar-refractivity contribution is 0.159. The van der Waals surface area contributed by atoms with Crippen molar-refractivity contribution in [2.75, 3.05) is 26.2 Å².